The molecule has 0 amide bonds. The van der Waals surface area contributed by atoms with Gasteiger partial charge in [-0.1, -0.05) is 0 Å². The lowest BCUT2D eigenvalue weighted by Crippen LogP contribution is -2.29. The maximum absolute atomic E-state index is 12.3. The minimum absolute atomic E-state index is 0.173. The number of alkyl halides is 2. The van der Waals surface area contributed by atoms with Crippen molar-refractivity contribution in [2.45, 2.75) is 6.61 Å². The van der Waals surface area contributed by atoms with Gasteiger partial charge in [-0.3, -0.25) is 10.1 Å². The van der Waals surface area contributed by atoms with Crippen LogP contribution < -0.4 is 15.4 Å². The molecule has 0 radical (unpaired) electrons. The highest BCUT2D eigenvalue weighted by molar-refractivity contribution is 5.73. The summed E-state index contributed by atoms with van der Waals surface area (Å²) in [6.45, 7) is -1.93. The second-order valence-electron chi connectivity index (χ2n) is 4.74. The van der Waals surface area contributed by atoms with Crippen molar-refractivity contribution in [3.8, 4) is 5.75 Å². The van der Waals surface area contributed by atoms with Gasteiger partial charge in [0.1, 0.15) is 5.69 Å². The molecule has 0 fully saturated rings. The normalized spacial score (nSPS) is 11.0. The number of nitrogens with zero attached hydrogens (tertiary/aromatic N) is 3. The summed E-state index contributed by atoms with van der Waals surface area (Å²) in [6, 6.07) is 2.19. The summed E-state index contributed by atoms with van der Waals surface area (Å²) >= 11 is 0. The molecule has 7 nitrogen and oxygen atoms in total. The van der Waals surface area contributed by atoms with Gasteiger partial charge in [-0.05, 0) is 14.1 Å². The molecular weight excluding hydrogens is 286 g/mol. The van der Waals surface area contributed by atoms with Crippen LogP contribution in [-0.4, -0.2) is 50.7 Å². The number of likely N-dealkylation sites (N-methyl/N-ethyl adjacent to an activating group) is 2. The van der Waals surface area contributed by atoms with Crippen molar-refractivity contribution in [3.63, 3.8) is 0 Å². The molecule has 1 aromatic carbocycles. The Hall–Kier alpha value is -2.16. The molecule has 0 heterocycles. The van der Waals surface area contributed by atoms with Crippen LogP contribution >= 0.6 is 0 Å². The number of nitrogens with two attached hydrogens (primary N) is 1. The predicted octanol–water partition coefficient (Wildman–Crippen LogP) is 1.78. The number of nitro groups is 1. The molecule has 0 spiro atoms. The standard InChI is InChI=1S/C12H18F2N4O3/c1-16(2)4-5-17(3)9-7-11(21-12(13)14)8(15)6-10(9)18(19)20/h6-7,12H,4-5,15H2,1-3H3. The minimum Gasteiger partial charge on any atom is -0.433 e. The van der Waals surface area contributed by atoms with Crippen molar-refractivity contribution >= 4 is 17.1 Å². The smallest absolute Gasteiger partial charge is 0.387 e. The zero-order valence-electron chi connectivity index (χ0n) is 12.0. The van der Waals surface area contributed by atoms with Crippen molar-refractivity contribution in [1.82, 2.24) is 4.90 Å². The number of nitro benzene ring substituents is 1. The maximum atomic E-state index is 12.3. The van der Waals surface area contributed by atoms with E-state index >= 15 is 0 Å². The molecule has 0 atom stereocenters. The lowest BCUT2D eigenvalue weighted by atomic mass is 10.2. The summed E-state index contributed by atoms with van der Waals surface area (Å²) in [5.74, 6) is -0.276. The summed E-state index contributed by atoms with van der Waals surface area (Å²) in [7, 11) is 5.35. The maximum Gasteiger partial charge on any atom is 0.387 e. The Morgan fingerprint density at radius 3 is 2.43 bits per heavy atom. The molecule has 1 rings (SSSR count). The summed E-state index contributed by atoms with van der Waals surface area (Å²) in [4.78, 5) is 14.0. The highest BCUT2D eigenvalue weighted by atomic mass is 19.3. The Balaban J connectivity index is 3.15. The molecule has 0 aromatic heterocycles. The van der Waals surface area contributed by atoms with E-state index in [9.17, 15) is 18.9 Å². The number of halogens is 2. The van der Waals surface area contributed by atoms with Crippen molar-refractivity contribution < 1.29 is 18.4 Å². The first-order chi connectivity index (χ1) is 9.72. The van der Waals surface area contributed by atoms with Crippen LogP contribution in [0.15, 0.2) is 12.1 Å². The van der Waals surface area contributed by atoms with Crippen molar-refractivity contribution in [1.29, 1.82) is 0 Å². The van der Waals surface area contributed by atoms with Crippen LogP contribution in [0, 0.1) is 10.1 Å². The van der Waals surface area contributed by atoms with E-state index in [-0.39, 0.29) is 22.8 Å². The molecule has 0 aliphatic rings. The Bertz CT molecular complexity index is 512. The number of nitrogen functional groups attached to an aromatic ring is 1. The average molecular weight is 304 g/mol. The highest BCUT2D eigenvalue weighted by Crippen LogP contribution is 2.37. The molecule has 0 unspecified atom stereocenters. The topological polar surface area (TPSA) is 84.9 Å². The van der Waals surface area contributed by atoms with Gasteiger partial charge < -0.3 is 20.3 Å². The first kappa shape index (κ1) is 16.9. The van der Waals surface area contributed by atoms with Crippen LogP contribution in [0.25, 0.3) is 0 Å². The van der Waals surface area contributed by atoms with Crippen LogP contribution in [0.2, 0.25) is 0 Å². The van der Waals surface area contributed by atoms with Crippen LogP contribution in [0.3, 0.4) is 0 Å². The van der Waals surface area contributed by atoms with Crippen molar-refractivity contribution in [2.24, 2.45) is 0 Å². The molecule has 0 saturated heterocycles. The van der Waals surface area contributed by atoms with E-state index < -0.39 is 11.5 Å². The van der Waals surface area contributed by atoms with E-state index in [2.05, 4.69) is 4.74 Å². The van der Waals surface area contributed by atoms with Crippen molar-refractivity contribution in [2.75, 3.05) is 44.9 Å². The molecule has 0 bridgehead atoms. The van der Waals surface area contributed by atoms with E-state index in [0.717, 1.165) is 12.1 Å². The fourth-order valence-corrected chi connectivity index (χ4v) is 1.69. The summed E-state index contributed by atoms with van der Waals surface area (Å²) in [5.41, 5.74) is 5.23. The Morgan fingerprint density at radius 2 is 1.95 bits per heavy atom. The lowest BCUT2D eigenvalue weighted by molar-refractivity contribution is -0.384. The first-order valence-corrected chi connectivity index (χ1v) is 6.11. The molecule has 2 N–H and O–H groups in total. The van der Waals surface area contributed by atoms with Crippen molar-refractivity contribution in [3.05, 3.63) is 22.2 Å². The van der Waals surface area contributed by atoms with Crippen LogP contribution in [0.4, 0.5) is 25.8 Å². The molecule has 21 heavy (non-hydrogen) atoms. The quantitative estimate of drug-likeness (QED) is 0.469. The van der Waals surface area contributed by atoms with Crippen LogP contribution in [0.5, 0.6) is 5.75 Å². The van der Waals surface area contributed by atoms with Crippen LogP contribution in [-0.2, 0) is 0 Å². The molecule has 118 valence electrons. The molecular formula is C12H18F2N4O3. The average Bonchev–Trinajstić information content (AvgIpc) is 2.37. The monoisotopic (exact) mass is 304 g/mol. The molecule has 1 aromatic rings. The van der Waals surface area contributed by atoms with E-state index in [1.165, 1.54) is 0 Å². The number of hydrogen-bond acceptors (Lipinski definition) is 6. The van der Waals surface area contributed by atoms with Gasteiger partial charge in [0.25, 0.3) is 5.69 Å². The van der Waals surface area contributed by atoms with Gasteiger partial charge in [-0.2, -0.15) is 8.78 Å². The predicted molar refractivity (Wildman–Crippen MR) is 76.0 cm³/mol. The van der Waals surface area contributed by atoms with Gasteiger partial charge in [0, 0.05) is 32.3 Å². The largest absolute Gasteiger partial charge is 0.433 e. The summed E-state index contributed by atoms with van der Waals surface area (Å²) in [6.07, 6.45) is 0. The third-order valence-corrected chi connectivity index (χ3v) is 2.81. The number of ether oxygens (including phenoxy) is 1. The van der Waals surface area contributed by atoms with Gasteiger partial charge in [-0.15, -0.1) is 0 Å². The first-order valence-electron chi connectivity index (χ1n) is 6.11. The number of rotatable bonds is 7. The molecule has 9 heteroatoms. The number of hydrogen-bond donors (Lipinski definition) is 1. The van der Waals surface area contributed by atoms with Gasteiger partial charge in [0.2, 0.25) is 0 Å². The van der Waals surface area contributed by atoms with E-state index in [1.54, 1.807) is 11.9 Å². The second kappa shape index (κ2) is 7.02. The second-order valence-corrected chi connectivity index (χ2v) is 4.74. The number of anilines is 2. The van der Waals surface area contributed by atoms with Gasteiger partial charge >= 0.3 is 6.61 Å². The molecule has 0 aliphatic carbocycles. The van der Waals surface area contributed by atoms with Gasteiger partial charge in [-0.25, -0.2) is 0 Å². The fraction of sp³-hybridized carbons (Fsp3) is 0.500. The SMILES string of the molecule is CN(C)CCN(C)c1cc(OC(F)F)c(N)cc1[N+](=O)[O-]. The fourth-order valence-electron chi connectivity index (χ4n) is 1.69. The zero-order chi connectivity index (χ0) is 16.2. The Morgan fingerprint density at radius 1 is 1.33 bits per heavy atom. The van der Waals surface area contributed by atoms with E-state index in [1.807, 2.05) is 19.0 Å². The Labute approximate surface area is 121 Å². The lowest BCUT2D eigenvalue weighted by Gasteiger charge is -2.22. The summed E-state index contributed by atoms with van der Waals surface area (Å²) in [5, 5.41) is 11.1. The summed E-state index contributed by atoms with van der Waals surface area (Å²) < 4.78 is 28.9. The zero-order valence-corrected chi connectivity index (χ0v) is 12.0. The highest BCUT2D eigenvalue weighted by Gasteiger charge is 2.22. The Kier molecular flexibility index (Phi) is 5.65. The number of benzene rings is 1. The van der Waals surface area contributed by atoms with E-state index in [4.69, 9.17) is 5.73 Å². The third-order valence-electron chi connectivity index (χ3n) is 2.81. The van der Waals surface area contributed by atoms with Gasteiger partial charge in [0.05, 0.1) is 10.6 Å². The van der Waals surface area contributed by atoms with E-state index in [0.29, 0.717) is 13.1 Å². The molecule has 0 saturated carbocycles. The third kappa shape index (κ3) is 4.71. The minimum atomic E-state index is -3.05. The van der Waals surface area contributed by atoms with Crippen LogP contribution in [0.1, 0.15) is 0 Å². The molecule has 0 aliphatic heterocycles. The van der Waals surface area contributed by atoms with Gasteiger partial charge in [0.15, 0.2) is 5.75 Å².